The Bertz CT molecular complexity index is 391. The third-order valence-electron chi connectivity index (χ3n) is 2.83. The minimum atomic E-state index is -2.80. The Labute approximate surface area is 119 Å². The number of benzene rings is 1. The summed E-state index contributed by atoms with van der Waals surface area (Å²) in [7, 11) is 0. The Morgan fingerprint density at radius 3 is 2.35 bits per heavy atom. The van der Waals surface area contributed by atoms with Crippen LogP contribution in [0.5, 0.6) is 5.75 Å². The van der Waals surface area contributed by atoms with E-state index in [0.29, 0.717) is 19.0 Å². The number of halogens is 2. The highest BCUT2D eigenvalue weighted by atomic mass is 19.3. The van der Waals surface area contributed by atoms with Crippen molar-refractivity contribution in [2.75, 3.05) is 6.54 Å². The second-order valence-electron chi connectivity index (χ2n) is 5.72. The highest BCUT2D eigenvalue weighted by Gasteiger charge is 2.20. The number of aliphatic hydroxyl groups is 1. The Hall–Kier alpha value is -1.20. The molecular formula is C15H23F2NO2. The SMILES string of the molecule is CC(C)CC(C)(O)CNCc1ccc(OC(F)F)cc1. The Kier molecular flexibility index (Phi) is 6.36. The van der Waals surface area contributed by atoms with Gasteiger partial charge in [-0.25, -0.2) is 0 Å². The molecule has 0 saturated carbocycles. The van der Waals surface area contributed by atoms with Crippen LogP contribution in [0.25, 0.3) is 0 Å². The second kappa shape index (κ2) is 7.55. The molecule has 5 heteroatoms. The fourth-order valence-electron chi connectivity index (χ4n) is 2.22. The molecule has 2 N–H and O–H groups in total. The van der Waals surface area contributed by atoms with Crippen molar-refractivity contribution in [3.63, 3.8) is 0 Å². The van der Waals surface area contributed by atoms with Crippen LogP contribution in [0.2, 0.25) is 0 Å². The first kappa shape index (κ1) is 16.9. The van der Waals surface area contributed by atoms with Gasteiger partial charge >= 0.3 is 6.61 Å². The first-order valence-electron chi connectivity index (χ1n) is 6.75. The van der Waals surface area contributed by atoms with Gasteiger partial charge in [0.25, 0.3) is 0 Å². The van der Waals surface area contributed by atoms with Crippen LogP contribution in [0, 0.1) is 5.92 Å². The van der Waals surface area contributed by atoms with Gasteiger partial charge in [-0.2, -0.15) is 8.78 Å². The Morgan fingerprint density at radius 1 is 1.25 bits per heavy atom. The maximum absolute atomic E-state index is 12.0. The third kappa shape index (κ3) is 6.82. The lowest BCUT2D eigenvalue weighted by Crippen LogP contribution is -2.38. The van der Waals surface area contributed by atoms with Gasteiger partial charge in [-0.3, -0.25) is 0 Å². The third-order valence-corrected chi connectivity index (χ3v) is 2.83. The molecule has 0 aromatic heterocycles. The molecule has 1 aromatic rings. The lowest BCUT2D eigenvalue weighted by molar-refractivity contribution is -0.0498. The average molecular weight is 287 g/mol. The zero-order chi connectivity index (χ0) is 15.2. The van der Waals surface area contributed by atoms with Crippen molar-refractivity contribution < 1.29 is 18.6 Å². The molecule has 0 aliphatic heterocycles. The van der Waals surface area contributed by atoms with E-state index in [4.69, 9.17) is 0 Å². The Morgan fingerprint density at radius 2 is 1.85 bits per heavy atom. The molecule has 0 heterocycles. The molecule has 0 saturated heterocycles. The molecule has 114 valence electrons. The minimum absolute atomic E-state index is 0.149. The number of nitrogens with one attached hydrogen (secondary N) is 1. The van der Waals surface area contributed by atoms with Crippen LogP contribution < -0.4 is 10.1 Å². The van der Waals surface area contributed by atoms with Crippen LogP contribution in [0.4, 0.5) is 8.78 Å². The number of alkyl halides is 2. The fourth-order valence-corrected chi connectivity index (χ4v) is 2.22. The first-order chi connectivity index (χ1) is 9.28. The van der Waals surface area contributed by atoms with Crippen LogP contribution in [0.1, 0.15) is 32.8 Å². The molecule has 20 heavy (non-hydrogen) atoms. The molecule has 0 aliphatic carbocycles. The number of rotatable bonds is 8. The summed E-state index contributed by atoms with van der Waals surface area (Å²) in [6.07, 6.45) is 0.723. The van der Waals surface area contributed by atoms with E-state index in [-0.39, 0.29) is 5.75 Å². The van der Waals surface area contributed by atoms with E-state index < -0.39 is 12.2 Å². The highest BCUT2D eigenvalue weighted by Crippen LogP contribution is 2.16. The summed E-state index contributed by atoms with van der Waals surface area (Å²) in [5.74, 6) is 0.577. The van der Waals surface area contributed by atoms with Crippen molar-refractivity contribution in [1.29, 1.82) is 0 Å². The van der Waals surface area contributed by atoms with Crippen LogP contribution in [-0.4, -0.2) is 23.9 Å². The zero-order valence-electron chi connectivity index (χ0n) is 12.2. The molecule has 3 nitrogen and oxygen atoms in total. The van der Waals surface area contributed by atoms with Gasteiger partial charge in [-0.05, 0) is 37.0 Å². The number of hydrogen-bond acceptors (Lipinski definition) is 3. The summed E-state index contributed by atoms with van der Waals surface area (Å²) in [5.41, 5.74) is 0.208. The minimum Gasteiger partial charge on any atom is -0.435 e. The van der Waals surface area contributed by atoms with Gasteiger partial charge in [-0.1, -0.05) is 26.0 Å². The molecule has 1 unspecified atom stereocenters. The average Bonchev–Trinajstić information content (AvgIpc) is 2.28. The van der Waals surface area contributed by atoms with Gasteiger partial charge in [0.05, 0.1) is 5.60 Å². The monoisotopic (exact) mass is 287 g/mol. The van der Waals surface area contributed by atoms with Gasteiger partial charge in [0.1, 0.15) is 5.75 Å². The summed E-state index contributed by atoms with van der Waals surface area (Å²) in [6, 6.07) is 6.47. The van der Waals surface area contributed by atoms with Crippen molar-refractivity contribution in [2.24, 2.45) is 5.92 Å². The summed E-state index contributed by atoms with van der Waals surface area (Å²) < 4.78 is 28.3. The van der Waals surface area contributed by atoms with E-state index in [1.165, 1.54) is 12.1 Å². The van der Waals surface area contributed by atoms with Crippen molar-refractivity contribution in [3.05, 3.63) is 29.8 Å². The molecule has 0 spiro atoms. The Balaban J connectivity index is 2.38. The van der Waals surface area contributed by atoms with Gasteiger partial charge in [-0.15, -0.1) is 0 Å². The van der Waals surface area contributed by atoms with E-state index in [9.17, 15) is 13.9 Å². The quantitative estimate of drug-likeness (QED) is 0.771. The van der Waals surface area contributed by atoms with Crippen LogP contribution in [-0.2, 0) is 6.54 Å². The molecule has 1 atom stereocenters. The molecule has 0 radical (unpaired) electrons. The van der Waals surface area contributed by atoms with E-state index in [0.717, 1.165) is 12.0 Å². The van der Waals surface area contributed by atoms with Gasteiger partial charge in [0.15, 0.2) is 0 Å². The van der Waals surface area contributed by atoms with Crippen molar-refractivity contribution in [2.45, 2.75) is 45.9 Å². The summed E-state index contributed by atoms with van der Waals surface area (Å²) in [4.78, 5) is 0. The highest BCUT2D eigenvalue weighted by molar-refractivity contribution is 5.27. The second-order valence-corrected chi connectivity index (χ2v) is 5.72. The molecule has 1 rings (SSSR count). The van der Waals surface area contributed by atoms with E-state index >= 15 is 0 Å². The summed E-state index contributed by atoms with van der Waals surface area (Å²) in [6.45, 7) is 4.19. The normalized spacial score (nSPS) is 14.6. The lowest BCUT2D eigenvalue weighted by Gasteiger charge is -2.25. The number of ether oxygens (including phenoxy) is 1. The largest absolute Gasteiger partial charge is 0.435 e. The van der Waals surface area contributed by atoms with Crippen LogP contribution in [0.15, 0.2) is 24.3 Å². The van der Waals surface area contributed by atoms with Crippen LogP contribution >= 0.6 is 0 Å². The molecule has 0 amide bonds. The van der Waals surface area contributed by atoms with Crippen molar-refractivity contribution >= 4 is 0 Å². The predicted octanol–water partition coefficient (Wildman–Crippen LogP) is 3.17. The van der Waals surface area contributed by atoms with Crippen molar-refractivity contribution in [3.8, 4) is 5.75 Å². The number of hydrogen-bond donors (Lipinski definition) is 2. The molecule has 0 fully saturated rings. The van der Waals surface area contributed by atoms with E-state index in [2.05, 4.69) is 23.9 Å². The van der Waals surface area contributed by atoms with E-state index in [1.807, 2.05) is 0 Å². The zero-order valence-corrected chi connectivity index (χ0v) is 12.2. The first-order valence-corrected chi connectivity index (χ1v) is 6.75. The van der Waals surface area contributed by atoms with Gasteiger partial charge in [0.2, 0.25) is 0 Å². The smallest absolute Gasteiger partial charge is 0.387 e. The lowest BCUT2D eigenvalue weighted by atomic mass is 9.94. The molecule has 1 aromatic carbocycles. The van der Waals surface area contributed by atoms with Crippen molar-refractivity contribution in [1.82, 2.24) is 5.32 Å². The van der Waals surface area contributed by atoms with Gasteiger partial charge < -0.3 is 15.2 Å². The molecule has 0 bridgehead atoms. The maximum Gasteiger partial charge on any atom is 0.387 e. The van der Waals surface area contributed by atoms with Gasteiger partial charge in [0, 0.05) is 13.1 Å². The summed E-state index contributed by atoms with van der Waals surface area (Å²) in [5, 5.41) is 13.3. The van der Waals surface area contributed by atoms with E-state index in [1.54, 1.807) is 19.1 Å². The predicted molar refractivity (Wildman–Crippen MR) is 74.9 cm³/mol. The van der Waals surface area contributed by atoms with Crippen LogP contribution in [0.3, 0.4) is 0 Å². The standard InChI is InChI=1S/C15H23F2NO2/c1-11(2)8-15(3,19)10-18-9-12-4-6-13(7-5-12)20-14(16)17/h4-7,11,14,18-19H,8-10H2,1-3H3. The topological polar surface area (TPSA) is 41.5 Å². The maximum atomic E-state index is 12.0. The fraction of sp³-hybridized carbons (Fsp3) is 0.600. The molecular weight excluding hydrogens is 264 g/mol. The molecule has 0 aliphatic rings. The summed E-state index contributed by atoms with van der Waals surface area (Å²) >= 11 is 0.